The maximum Gasteiger partial charge on any atom is 0.130 e. The topological polar surface area (TPSA) is 40.5 Å². The molecule has 0 bridgehead atoms. The Morgan fingerprint density at radius 1 is 0.632 bits per heavy atom. The van der Waals surface area contributed by atoms with Gasteiger partial charge in [0.15, 0.2) is 0 Å². The molecule has 2 aromatic rings. The maximum atomic E-state index is 9.94. The molecule has 0 fully saturated rings. The molecular formula is C12H10Cl4O2S. The molecule has 0 unspecified atom stereocenters. The molecule has 0 aliphatic carbocycles. The Kier molecular flexibility index (Phi) is 3.17. The Labute approximate surface area is 127 Å². The lowest BCUT2D eigenvalue weighted by Gasteiger charge is -2.57. The minimum atomic E-state index is -5.09. The summed E-state index contributed by atoms with van der Waals surface area (Å²) in [6, 6.07) is 11.9. The van der Waals surface area contributed by atoms with Crippen molar-refractivity contribution in [1.82, 2.24) is 0 Å². The van der Waals surface area contributed by atoms with Crippen molar-refractivity contribution >= 4 is 47.9 Å². The Morgan fingerprint density at radius 3 is 1.26 bits per heavy atom. The van der Waals surface area contributed by atoms with Crippen LogP contribution in [0.5, 0.6) is 11.5 Å². The molecule has 0 amide bonds. The molecule has 0 saturated carbocycles. The van der Waals surface area contributed by atoms with Gasteiger partial charge in [0.25, 0.3) is 0 Å². The molecule has 0 spiro atoms. The molecule has 2 nitrogen and oxygen atoms in total. The van der Waals surface area contributed by atoms with Crippen molar-refractivity contribution in [3.63, 3.8) is 0 Å². The smallest absolute Gasteiger partial charge is 0.130 e. The number of para-hydroxylation sites is 2. The quantitative estimate of drug-likeness (QED) is 0.689. The number of aromatic hydroxyl groups is 2. The van der Waals surface area contributed by atoms with Gasteiger partial charge in [0.2, 0.25) is 0 Å². The summed E-state index contributed by atoms with van der Waals surface area (Å²) < 4.78 is 0. The first-order chi connectivity index (χ1) is 8.56. The summed E-state index contributed by atoms with van der Waals surface area (Å²) >= 11 is 0. The molecule has 7 heteroatoms. The van der Waals surface area contributed by atoms with Gasteiger partial charge in [-0.15, -0.1) is 0 Å². The molecule has 2 aromatic carbocycles. The van der Waals surface area contributed by atoms with Crippen molar-refractivity contribution in [2.45, 2.75) is 9.79 Å². The van der Waals surface area contributed by atoms with Crippen molar-refractivity contribution < 1.29 is 10.2 Å². The average molecular weight is 360 g/mol. The van der Waals surface area contributed by atoms with Gasteiger partial charge < -0.3 is 10.2 Å². The highest BCUT2D eigenvalue weighted by atomic mass is 36.4. The van der Waals surface area contributed by atoms with Crippen LogP contribution in [0, 0.1) is 0 Å². The summed E-state index contributed by atoms with van der Waals surface area (Å²) in [4.78, 5) is -0.0914. The molecule has 0 aromatic heterocycles. The number of hydrogen-bond acceptors (Lipinski definition) is 2. The highest BCUT2D eigenvalue weighted by Gasteiger charge is 2.60. The van der Waals surface area contributed by atoms with Crippen molar-refractivity contribution in [1.29, 1.82) is 0 Å². The van der Waals surface area contributed by atoms with E-state index in [9.17, 15) is 10.2 Å². The van der Waals surface area contributed by atoms with E-state index in [1.165, 1.54) is 24.3 Å². The van der Waals surface area contributed by atoms with Gasteiger partial charge >= 0.3 is 0 Å². The second-order valence-electron chi connectivity index (χ2n) is 4.00. The lowest BCUT2D eigenvalue weighted by molar-refractivity contribution is 0.459. The number of hydrogen-bond donors (Lipinski definition) is 2. The van der Waals surface area contributed by atoms with Gasteiger partial charge in [-0.2, -0.15) is 0 Å². The van der Waals surface area contributed by atoms with Crippen LogP contribution in [0.4, 0.5) is 0 Å². The van der Waals surface area contributed by atoms with Crippen LogP contribution in [0.2, 0.25) is 0 Å². The zero-order chi connectivity index (χ0) is 14.4. The second kappa shape index (κ2) is 4.03. The maximum absolute atomic E-state index is 9.94. The molecule has 0 heterocycles. The molecule has 0 atom stereocenters. The van der Waals surface area contributed by atoms with E-state index in [0.717, 1.165) is 0 Å². The van der Waals surface area contributed by atoms with Gasteiger partial charge in [-0.1, -0.05) is 24.3 Å². The van der Waals surface area contributed by atoms with Crippen molar-refractivity contribution in [3.05, 3.63) is 48.5 Å². The highest BCUT2D eigenvalue weighted by Crippen LogP contribution is 3.14. The van der Waals surface area contributed by atoms with E-state index < -0.39 is 5.15 Å². The molecule has 2 rings (SSSR count). The molecule has 104 valence electrons. The van der Waals surface area contributed by atoms with E-state index >= 15 is 0 Å². The van der Waals surface area contributed by atoms with E-state index in [4.69, 9.17) is 42.7 Å². The summed E-state index contributed by atoms with van der Waals surface area (Å²) in [5.41, 5.74) is 0. The van der Waals surface area contributed by atoms with Gasteiger partial charge in [0.05, 0.1) is 9.79 Å². The van der Waals surface area contributed by atoms with Crippen LogP contribution in [0.3, 0.4) is 0 Å². The predicted molar refractivity (Wildman–Crippen MR) is 83.7 cm³/mol. The SMILES string of the molecule is Oc1ccccc1S(Cl)(Cl)(Cl)(Cl)c1ccccc1O. The third kappa shape index (κ3) is 2.46. The molecule has 2 N–H and O–H groups in total. The second-order valence-corrected chi connectivity index (χ2v) is 19.1. The molecule has 0 aliphatic heterocycles. The van der Waals surface area contributed by atoms with Crippen molar-refractivity contribution in [2.75, 3.05) is 0 Å². The highest BCUT2D eigenvalue weighted by molar-refractivity contribution is 9.13. The van der Waals surface area contributed by atoms with E-state index in [2.05, 4.69) is 0 Å². The van der Waals surface area contributed by atoms with E-state index in [1.54, 1.807) is 24.3 Å². The van der Waals surface area contributed by atoms with E-state index in [1.807, 2.05) is 0 Å². The lowest BCUT2D eigenvalue weighted by atomic mass is 10.3. The van der Waals surface area contributed by atoms with Crippen LogP contribution < -0.4 is 0 Å². The summed E-state index contributed by atoms with van der Waals surface area (Å²) in [5, 5.41) is 14.8. The van der Waals surface area contributed by atoms with Crippen LogP contribution >= 0.6 is 47.9 Å². The molecule has 0 aliphatic rings. The fraction of sp³-hybridized carbons (Fsp3) is 0. The first-order valence-corrected chi connectivity index (χ1v) is 10.9. The normalized spacial score (nSPS) is 15.6. The monoisotopic (exact) mass is 358 g/mol. The van der Waals surface area contributed by atoms with E-state index in [-0.39, 0.29) is 21.3 Å². The zero-order valence-corrected chi connectivity index (χ0v) is 13.3. The summed E-state index contributed by atoms with van der Waals surface area (Å²) in [6.07, 6.45) is 0. The average Bonchev–Trinajstić information content (AvgIpc) is 2.28. The fourth-order valence-electron chi connectivity index (χ4n) is 1.73. The van der Waals surface area contributed by atoms with Gasteiger partial charge in [0.1, 0.15) is 11.5 Å². The Bertz CT molecular complexity index is 599. The lowest BCUT2D eigenvalue weighted by Crippen LogP contribution is -2.09. The van der Waals surface area contributed by atoms with Crippen LogP contribution in [-0.2, 0) is 0 Å². The Morgan fingerprint density at radius 2 is 0.947 bits per heavy atom. The standard InChI is InChI=1S/C12H10Cl4O2S/c13-19(14,15,16,11-7-3-1-5-9(11)17)12-8-4-2-6-10(12)18/h1-8,17-18H. The predicted octanol–water partition coefficient (Wildman–Crippen LogP) is 6.01. The number of phenols is 2. The summed E-state index contributed by atoms with van der Waals surface area (Å²) in [5.74, 6) is -0.496. The van der Waals surface area contributed by atoms with Crippen molar-refractivity contribution in [2.24, 2.45) is 0 Å². The Balaban J connectivity index is 2.89. The van der Waals surface area contributed by atoms with Crippen LogP contribution in [0.25, 0.3) is 0 Å². The van der Waals surface area contributed by atoms with Gasteiger partial charge in [-0.3, -0.25) is 0 Å². The molecule has 0 saturated heterocycles. The fourth-order valence-corrected chi connectivity index (χ4v) is 6.78. The number of benzene rings is 2. The van der Waals surface area contributed by atoms with E-state index in [0.29, 0.717) is 0 Å². The van der Waals surface area contributed by atoms with Crippen LogP contribution in [0.1, 0.15) is 0 Å². The van der Waals surface area contributed by atoms with Gasteiger partial charge in [-0.25, -0.2) is 0 Å². The summed E-state index contributed by atoms with van der Waals surface area (Å²) in [6.45, 7) is 0. The third-order valence-electron chi connectivity index (χ3n) is 2.62. The minimum absolute atomic E-state index is 0.0457. The summed E-state index contributed by atoms with van der Waals surface area (Å²) in [7, 11) is 25.6. The first-order valence-electron chi connectivity index (χ1n) is 5.13. The third-order valence-corrected chi connectivity index (χ3v) is 9.07. The van der Waals surface area contributed by atoms with Gasteiger partial charge in [-0.05, 0) is 67.0 Å². The van der Waals surface area contributed by atoms with Crippen LogP contribution in [-0.4, -0.2) is 10.2 Å². The molecule has 0 radical (unpaired) electrons. The number of phenolic OH excluding ortho intramolecular Hbond substituents is 2. The largest absolute Gasteiger partial charge is 0.507 e. The van der Waals surface area contributed by atoms with Gasteiger partial charge in [0, 0.05) is 5.15 Å². The zero-order valence-electron chi connectivity index (χ0n) is 9.43. The molecule has 19 heavy (non-hydrogen) atoms. The van der Waals surface area contributed by atoms with Crippen LogP contribution in [0.15, 0.2) is 58.3 Å². The Hall–Kier alpha value is -0.450. The number of rotatable bonds is 2. The minimum Gasteiger partial charge on any atom is -0.507 e. The van der Waals surface area contributed by atoms with Crippen molar-refractivity contribution in [3.8, 4) is 11.5 Å². The first kappa shape index (κ1) is 14.9. The number of halogens is 4. The molecular weight excluding hydrogens is 350 g/mol.